The molecule has 35 heavy (non-hydrogen) atoms. The number of hydrogen-bond donors (Lipinski definition) is 1. The monoisotopic (exact) mass is 501 g/mol. The maximum absolute atomic E-state index is 13.6. The molecule has 0 radical (unpaired) electrons. The number of carbonyl (C=O) groups is 3. The molecular formula is C26H35N3O5S. The van der Waals surface area contributed by atoms with Crippen LogP contribution in [0.3, 0.4) is 0 Å². The SMILES string of the molecule is CCCNC(=O)[C@H](CC)N(Cc1ccc(C)cc1)C(=O)CN(c1cccc(C(C)=O)c1)S(C)(=O)=O. The predicted octanol–water partition coefficient (Wildman–Crippen LogP) is 3.30. The van der Waals surface area contributed by atoms with E-state index in [4.69, 9.17) is 0 Å². The van der Waals surface area contributed by atoms with E-state index in [1.807, 2.05) is 45.0 Å². The number of benzene rings is 2. The average Bonchev–Trinajstić information content (AvgIpc) is 2.81. The highest BCUT2D eigenvalue weighted by Crippen LogP contribution is 2.21. The predicted molar refractivity (Wildman–Crippen MR) is 138 cm³/mol. The summed E-state index contributed by atoms with van der Waals surface area (Å²) in [5.41, 5.74) is 2.45. The van der Waals surface area contributed by atoms with Crippen LogP contribution in [0.25, 0.3) is 0 Å². The molecule has 2 rings (SSSR count). The van der Waals surface area contributed by atoms with Gasteiger partial charge in [-0.3, -0.25) is 18.7 Å². The third-order valence-corrected chi connectivity index (χ3v) is 6.77. The van der Waals surface area contributed by atoms with Crippen LogP contribution in [-0.4, -0.2) is 56.3 Å². The van der Waals surface area contributed by atoms with Crippen LogP contribution in [0.15, 0.2) is 48.5 Å². The topological polar surface area (TPSA) is 104 Å². The Bertz CT molecular complexity index is 1150. The lowest BCUT2D eigenvalue weighted by molar-refractivity contribution is -0.140. The number of aryl methyl sites for hydroxylation is 1. The van der Waals surface area contributed by atoms with E-state index in [0.717, 1.165) is 28.1 Å². The fourth-order valence-electron chi connectivity index (χ4n) is 3.67. The quantitative estimate of drug-likeness (QED) is 0.450. The molecule has 1 N–H and O–H groups in total. The Morgan fingerprint density at radius 1 is 1.03 bits per heavy atom. The van der Waals surface area contributed by atoms with Crippen molar-refractivity contribution in [3.8, 4) is 0 Å². The molecule has 2 amide bonds. The molecule has 0 aliphatic rings. The van der Waals surface area contributed by atoms with Gasteiger partial charge in [-0.1, -0.05) is 55.8 Å². The van der Waals surface area contributed by atoms with Crippen molar-refractivity contribution in [1.82, 2.24) is 10.2 Å². The van der Waals surface area contributed by atoms with Gasteiger partial charge in [0.15, 0.2) is 5.78 Å². The number of ketones is 1. The summed E-state index contributed by atoms with van der Waals surface area (Å²) < 4.78 is 26.3. The average molecular weight is 502 g/mol. The van der Waals surface area contributed by atoms with Crippen molar-refractivity contribution in [2.75, 3.05) is 23.7 Å². The molecule has 1 atom stereocenters. The standard InChI is InChI=1S/C26H35N3O5S/c1-6-15-27-26(32)24(7-2)28(17-21-13-11-19(3)12-14-21)25(31)18-29(35(5,33)34)23-10-8-9-22(16-23)20(4)30/h8-14,16,24H,6-7,15,17-18H2,1-5H3,(H,27,32)/t24-/m0/s1. The molecule has 2 aromatic carbocycles. The first-order chi connectivity index (χ1) is 16.5. The van der Waals surface area contributed by atoms with Gasteiger partial charge in [0, 0.05) is 18.7 Å². The second-order valence-electron chi connectivity index (χ2n) is 8.60. The number of hydrogen-bond acceptors (Lipinski definition) is 5. The van der Waals surface area contributed by atoms with Gasteiger partial charge in [-0.15, -0.1) is 0 Å². The highest BCUT2D eigenvalue weighted by atomic mass is 32.2. The number of nitrogens with zero attached hydrogens (tertiary/aromatic N) is 2. The minimum absolute atomic E-state index is 0.155. The summed E-state index contributed by atoms with van der Waals surface area (Å²) >= 11 is 0. The number of nitrogens with one attached hydrogen (secondary N) is 1. The van der Waals surface area contributed by atoms with Crippen LogP contribution in [0.2, 0.25) is 0 Å². The van der Waals surface area contributed by atoms with E-state index in [-0.39, 0.29) is 23.9 Å². The van der Waals surface area contributed by atoms with Crippen LogP contribution < -0.4 is 9.62 Å². The van der Waals surface area contributed by atoms with E-state index >= 15 is 0 Å². The van der Waals surface area contributed by atoms with Crippen molar-refractivity contribution in [2.45, 2.75) is 53.1 Å². The third kappa shape index (κ3) is 7.92. The Morgan fingerprint density at radius 2 is 1.69 bits per heavy atom. The van der Waals surface area contributed by atoms with E-state index in [2.05, 4.69) is 5.32 Å². The summed E-state index contributed by atoms with van der Waals surface area (Å²) in [7, 11) is -3.86. The zero-order valence-corrected chi connectivity index (χ0v) is 21.9. The van der Waals surface area contributed by atoms with E-state index in [1.165, 1.54) is 24.0 Å². The van der Waals surface area contributed by atoms with E-state index in [9.17, 15) is 22.8 Å². The molecule has 0 fully saturated rings. The normalized spacial score (nSPS) is 12.0. The number of Topliss-reactive ketones (excluding diaryl/α,β-unsaturated/α-hetero) is 1. The summed E-state index contributed by atoms with van der Waals surface area (Å²) in [5.74, 6) is -1.01. The molecule has 0 unspecified atom stereocenters. The summed E-state index contributed by atoms with van der Waals surface area (Å²) in [4.78, 5) is 39.8. The lowest BCUT2D eigenvalue weighted by Crippen LogP contribution is -2.52. The van der Waals surface area contributed by atoms with Gasteiger partial charge >= 0.3 is 0 Å². The van der Waals surface area contributed by atoms with Crippen LogP contribution >= 0.6 is 0 Å². The van der Waals surface area contributed by atoms with E-state index < -0.39 is 28.5 Å². The van der Waals surface area contributed by atoms with E-state index in [0.29, 0.717) is 18.5 Å². The largest absolute Gasteiger partial charge is 0.354 e. The van der Waals surface area contributed by atoms with Gasteiger partial charge in [-0.2, -0.15) is 0 Å². The summed E-state index contributed by atoms with van der Waals surface area (Å²) in [6.45, 7) is 7.24. The van der Waals surface area contributed by atoms with Crippen molar-refractivity contribution in [3.63, 3.8) is 0 Å². The molecule has 0 aliphatic carbocycles. The third-order valence-electron chi connectivity index (χ3n) is 5.63. The number of amides is 2. The second kappa shape index (κ2) is 12.5. The maximum atomic E-state index is 13.6. The highest BCUT2D eigenvalue weighted by molar-refractivity contribution is 7.92. The lowest BCUT2D eigenvalue weighted by atomic mass is 10.1. The van der Waals surface area contributed by atoms with Gasteiger partial charge < -0.3 is 10.2 Å². The molecule has 9 heteroatoms. The van der Waals surface area contributed by atoms with Crippen LogP contribution in [0.1, 0.15) is 55.1 Å². The smallest absolute Gasteiger partial charge is 0.244 e. The second-order valence-corrected chi connectivity index (χ2v) is 10.5. The fraction of sp³-hybridized carbons (Fsp3) is 0.423. The molecule has 8 nitrogen and oxygen atoms in total. The van der Waals surface area contributed by atoms with Crippen molar-refractivity contribution in [2.24, 2.45) is 0 Å². The molecule has 0 aromatic heterocycles. The van der Waals surface area contributed by atoms with Crippen LogP contribution in [0.4, 0.5) is 5.69 Å². The van der Waals surface area contributed by atoms with Crippen molar-refractivity contribution in [1.29, 1.82) is 0 Å². The number of sulfonamides is 1. The molecule has 0 spiro atoms. The Balaban J connectivity index is 2.45. The van der Waals surface area contributed by atoms with Crippen LogP contribution in [-0.2, 0) is 26.2 Å². The van der Waals surface area contributed by atoms with Gasteiger partial charge in [-0.25, -0.2) is 8.42 Å². The number of anilines is 1. The van der Waals surface area contributed by atoms with Crippen molar-refractivity contribution in [3.05, 3.63) is 65.2 Å². The number of rotatable bonds is 12. The van der Waals surface area contributed by atoms with Crippen LogP contribution in [0, 0.1) is 6.92 Å². The van der Waals surface area contributed by atoms with Gasteiger partial charge in [0.25, 0.3) is 0 Å². The van der Waals surface area contributed by atoms with Crippen molar-refractivity contribution >= 4 is 33.3 Å². The first-order valence-electron chi connectivity index (χ1n) is 11.7. The summed E-state index contributed by atoms with van der Waals surface area (Å²) in [6, 6.07) is 13.0. The molecule has 0 aliphatic heterocycles. The zero-order chi connectivity index (χ0) is 26.2. The van der Waals surface area contributed by atoms with Crippen LogP contribution in [0.5, 0.6) is 0 Å². The van der Waals surface area contributed by atoms with Crippen molar-refractivity contribution < 1.29 is 22.8 Å². The Hall–Kier alpha value is -3.20. The summed E-state index contributed by atoms with van der Waals surface area (Å²) in [5, 5.41) is 2.85. The molecule has 0 bridgehead atoms. The molecule has 2 aromatic rings. The molecule has 0 saturated carbocycles. The Kier molecular flexibility index (Phi) is 10.0. The Morgan fingerprint density at radius 3 is 2.23 bits per heavy atom. The minimum Gasteiger partial charge on any atom is -0.354 e. The minimum atomic E-state index is -3.86. The van der Waals surface area contributed by atoms with Gasteiger partial charge in [-0.05, 0) is 44.4 Å². The van der Waals surface area contributed by atoms with Gasteiger partial charge in [0.1, 0.15) is 12.6 Å². The zero-order valence-electron chi connectivity index (χ0n) is 21.1. The maximum Gasteiger partial charge on any atom is 0.244 e. The molecular weight excluding hydrogens is 466 g/mol. The number of carbonyl (C=O) groups excluding carboxylic acids is 3. The summed E-state index contributed by atoms with van der Waals surface area (Å²) in [6.07, 6.45) is 2.13. The first-order valence-corrected chi connectivity index (χ1v) is 13.5. The van der Waals surface area contributed by atoms with Gasteiger partial charge in [0.2, 0.25) is 21.8 Å². The highest BCUT2D eigenvalue weighted by Gasteiger charge is 2.31. The van der Waals surface area contributed by atoms with Gasteiger partial charge in [0.05, 0.1) is 11.9 Å². The van der Waals surface area contributed by atoms with E-state index in [1.54, 1.807) is 12.1 Å². The molecule has 190 valence electrons. The lowest BCUT2D eigenvalue weighted by Gasteiger charge is -2.33. The molecule has 0 saturated heterocycles. The molecule has 0 heterocycles. The first kappa shape index (κ1) is 28.0. The Labute approximate surface area is 208 Å². The fourth-order valence-corrected chi connectivity index (χ4v) is 4.51.